The Labute approximate surface area is 158 Å². The molecule has 4 rings (SSSR count). The highest BCUT2D eigenvalue weighted by Crippen LogP contribution is 2.20. The zero-order valence-electron chi connectivity index (χ0n) is 15.2. The fourth-order valence-electron chi connectivity index (χ4n) is 3.57. The van der Waals surface area contributed by atoms with E-state index in [1.807, 2.05) is 48.5 Å². The average molecular weight is 364 g/mol. The number of piperidine rings is 1. The van der Waals surface area contributed by atoms with Crippen molar-refractivity contribution < 1.29 is 9.21 Å². The van der Waals surface area contributed by atoms with E-state index in [9.17, 15) is 4.79 Å². The summed E-state index contributed by atoms with van der Waals surface area (Å²) in [4.78, 5) is 14.9. The van der Waals surface area contributed by atoms with Gasteiger partial charge >= 0.3 is 0 Å². The minimum atomic E-state index is 0.0187. The van der Waals surface area contributed by atoms with Gasteiger partial charge in [-0.25, -0.2) is 0 Å². The maximum absolute atomic E-state index is 12.6. The van der Waals surface area contributed by atoms with E-state index >= 15 is 0 Å². The number of nitrogens with one attached hydrogen (secondary N) is 2. The van der Waals surface area contributed by atoms with Gasteiger partial charge in [0.1, 0.15) is 5.76 Å². The number of aromatic amines is 1. The molecule has 0 aliphatic carbocycles. The average Bonchev–Trinajstić information content (AvgIpc) is 3.39. The van der Waals surface area contributed by atoms with E-state index in [2.05, 4.69) is 20.4 Å². The van der Waals surface area contributed by atoms with Crippen LogP contribution >= 0.6 is 0 Å². The molecule has 3 heterocycles. The summed E-state index contributed by atoms with van der Waals surface area (Å²) in [6.07, 6.45) is 3.65. The lowest BCUT2D eigenvalue weighted by Crippen LogP contribution is -2.42. The first-order valence-corrected chi connectivity index (χ1v) is 9.40. The van der Waals surface area contributed by atoms with Crippen LogP contribution in [0, 0.1) is 5.92 Å². The Morgan fingerprint density at radius 3 is 2.96 bits per heavy atom. The van der Waals surface area contributed by atoms with Gasteiger partial charge in [0.25, 0.3) is 0 Å². The van der Waals surface area contributed by atoms with Gasteiger partial charge in [-0.3, -0.25) is 14.8 Å². The molecule has 2 aromatic heterocycles. The Balaban J connectivity index is 1.29. The molecule has 0 spiro atoms. The first kappa shape index (κ1) is 17.5. The third-order valence-corrected chi connectivity index (χ3v) is 4.99. The Bertz CT molecular complexity index is 857. The zero-order chi connectivity index (χ0) is 18.5. The van der Waals surface area contributed by atoms with E-state index in [0.29, 0.717) is 6.54 Å². The number of carbonyl (C=O) groups excluding carboxylic acids is 1. The minimum absolute atomic E-state index is 0.0187. The van der Waals surface area contributed by atoms with Crippen LogP contribution in [-0.2, 0) is 17.9 Å². The number of aromatic nitrogens is 2. The van der Waals surface area contributed by atoms with E-state index < -0.39 is 0 Å². The van der Waals surface area contributed by atoms with Crippen molar-refractivity contribution >= 4 is 5.91 Å². The third-order valence-electron chi connectivity index (χ3n) is 4.99. The number of carbonyl (C=O) groups is 1. The second-order valence-electron chi connectivity index (χ2n) is 7.02. The van der Waals surface area contributed by atoms with Crippen molar-refractivity contribution in [2.24, 2.45) is 5.92 Å². The largest absolute Gasteiger partial charge is 0.468 e. The Hall–Kier alpha value is -2.86. The molecule has 1 aliphatic heterocycles. The van der Waals surface area contributed by atoms with Crippen LogP contribution in [0.3, 0.4) is 0 Å². The molecule has 3 aromatic rings. The van der Waals surface area contributed by atoms with E-state index in [-0.39, 0.29) is 11.8 Å². The normalized spacial score (nSPS) is 17.7. The lowest BCUT2D eigenvalue weighted by molar-refractivity contribution is -0.127. The fourth-order valence-corrected chi connectivity index (χ4v) is 3.57. The maximum Gasteiger partial charge on any atom is 0.224 e. The van der Waals surface area contributed by atoms with Crippen LogP contribution < -0.4 is 5.32 Å². The van der Waals surface area contributed by atoms with Gasteiger partial charge in [0, 0.05) is 12.1 Å². The summed E-state index contributed by atoms with van der Waals surface area (Å²) in [5, 5.41) is 10.4. The zero-order valence-corrected chi connectivity index (χ0v) is 15.2. The molecule has 27 heavy (non-hydrogen) atoms. The van der Waals surface area contributed by atoms with Gasteiger partial charge in [-0.15, -0.1) is 0 Å². The molecule has 6 heteroatoms. The highest BCUT2D eigenvalue weighted by atomic mass is 16.3. The molecule has 1 fully saturated rings. The van der Waals surface area contributed by atoms with Crippen molar-refractivity contribution in [2.45, 2.75) is 25.9 Å². The molecule has 0 saturated carbocycles. The summed E-state index contributed by atoms with van der Waals surface area (Å²) in [5.41, 5.74) is 2.86. The van der Waals surface area contributed by atoms with E-state index in [4.69, 9.17) is 4.42 Å². The second-order valence-corrected chi connectivity index (χ2v) is 7.02. The SMILES string of the molecule is O=C(NCc1cc(-c2ccccc2)n[nH]1)[C@H]1CCCN(Cc2ccco2)C1. The fraction of sp³-hybridized carbons (Fsp3) is 0.333. The summed E-state index contributed by atoms with van der Waals surface area (Å²) in [6.45, 7) is 3.00. The number of hydrogen-bond acceptors (Lipinski definition) is 4. The highest BCUT2D eigenvalue weighted by Gasteiger charge is 2.26. The number of nitrogens with zero attached hydrogens (tertiary/aromatic N) is 2. The van der Waals surface area contributed by atoms with E-state index in [1.165, 1.54) is 0 Å². The Morgan fingerprint density at radius 2 is 2.15 bits per heavy atom. The Morgan fingerprint density at radius 1 is 1.26 bits per heavy atom. The number of benzene rings is 1. The van der Waals surface area contributed by atoms with Crippen molar-refractivity contribution in [1.82, 2.24) is 20.4 Å². The number of hydrogen-bond donors (Lipinski definition) is 2. The summed E-state index contributed by atoms with van der Waals surface area (Å²) in [5.74, 6) is 1.07. The Kier molecular flexibility index (Phi) is 5.34. The van der Waals surface area contributed by atoms with Gasteiger partial charge in [0.2, 0.25) is 5.91 Å². The lowest BCUT2D eigenvalue weighted by atomic mass is 9.97. The number of amides is 1. The monoisotopic (exact) mass is 364 g/mol. The van der Waals surface area contributed by atoms with Gasteiger partial charge in [0.05, 0.1) is 36.7 Å². The summed E-state index contributed by atoms with van der Waals surface area (Å²) >= 11 is 0. The number of furan rings is 1. The van der Waals surface area contributed by atoms with Gasteiger partial charge in [-0.2, -0.15) is 5.10 Å². The minimum Gasteiger partial charge on any atom is -0.468 e. The van der Waals surface area contributed by atoms with Crippen LogP contribution in [0.15, 0.2) is 59.2 Å². The van der Waals surface area contributed by atoms with Crippen LogP contribution in [0.1, 0.15) is 24.3 Å². The molecule has 1 saturated heterocycles. The summed E-state index contributed by atoms with van der Waals surface area (Å²) < 4.78 is 5.42. The topological polar surface area (TPSA) is 74.2 Å². The molecule has 6 nitrogen and oxygen atoms in total. The summed E-state index contributed by atoms with van der Waals surface area (Å²) in [6, 6.07) is 15.9. The van der Waals surface area contributed by atoms with Crippen LogP contribution in [0.25, 0.3) is 11.3 Å². The number of likely N-dealkylation sites (tertiary alicyclic amines) is 1. The summed E-state index contributed by atoms with van der Waals surface area (Å²) in [7, 11) is 0. The lowest BCUT2D eigenvalue weighted by Gasteiger charge is -2.31. The van der Waals surface area contributed by atoms with Crippen molar-refractivity contribution in [3.63, 3.8) is 0 Å². The van der Waals surface area contributed by atoms with Gasteiger partial charge in [-0.1, -0.05) is 30.3 Å². The van der Waals surface area contributed by atoms with E-state index in [0.717, 1.165) is 55.2 Å². The van der Waals surface area contributed by atoms with Gasteiger partial charge in [-0.05, 0) is 37.6 Å². The van der Waals surface area contributed by atoms with Gasteiger partial charge < -0.3 is 9.73 Å². The number of rotatable bonds is 6. The molecule has 0 radical (unpaired) electrons. The van der Waals surface area contributed by atoms with E-state index in [1.54, 1.807) is 6.26 Å². The first-order chi connectivity index (χ1) is 13.3. The smallest absolute Gasteiger partial charge is 0.224 e. The van der Waals surface area contributed by atoms with Crippen molar-refractivity contribution in [3.8, 4) is 11.3 Å². The molecule has 1 aromatic carbocycles. The molecule has 1 aliphatic rings. The molecule has 1 amide bonds. The molecular weight excluding hydrogens is 340 g/mol. The van der Waals surface area contributed by atoms with Crippen molar-refractivity contribution in [2.75, 3.05) is 13.1 Å². The predicted molar refractivity (Wildman–Crippen MR) is 103 cm³/mol. The van der Waals surface area contributed by atoms with Crippen LogP contribution in [0.4, 0.5) is 0 Å². The van der Waals surface area contributed by atoms with Gasteiger partial charge in [0.15, 0.2) is 0 Å². The highest BCUT2D eigenvalue weighted by molar-refractivity contribution is 5.79. The predicted octanol–water partition coefficient (Wildman–Crippen LogP) is 3.20. The quantitative estimate of drug-likeness (QED) is 0.704. The third kappa shape index (κ3) is 4.46. The maximum atomic E-state index is 12.6. The molecule has 0 unspecified atom stereocenters. The van der Waals surface area contributed by atoms with Crippen LogP contribution in [-0.4, -0.2) is 34.1 Å². The number of H-pyrrole nitrogens is 1. The molecular formula is C21H24N4O2. The van der Waals surface area contributed by atoms with Crippen LogP contribution in [0.5, 0.6) is 0 Å². The first-order valence-electron chi connectivity index (χ1n) is 9.40. The van der Waals surface area contributed by atoms with Crippen molar-refractivity contribution in [3.05, 3.63) is 66.2 Å². The molecule has 140 valence electrons. The molecule has 1 atom stereocenters. The second kappa shape index (κ2) is 8.22. The van der Waals surface area contributed by atoms with Crippen molar-refractivity contribution in [1.29, 1.82) is 0 Å². The van der Waals surface area contributed by atoms with Crippen LogP contribution in [0.2, 0.25) is 0 Å². The molecule has 2 N–H and O–H groups in total. The standard InChI is InChI=1S/C21H24N4O2/c26-21(17-8-4-10-25(14-17)15-19-9-5-11-27-19)22-13-18-12-20(24-23-18)16-6-2-1-3-7-16/h1-3,5-7,9,11-12,17H,4,8,10,13-15H2,(H,22,26)(H,23,24)/t17-/m0/s1. The molecule has 0 bridgehead atoms.